The van der Waals surface area contributed by atoms with Gasteiger partial charge in [-0.2, -0.15) is 0 Å². The van der Waals surface area contributed by atoms with E-state index in [9.17, 15) is 9.50 Å². The van der Waals surface area contributed by atoms with Gasteiger partial charge in [-0.05, 0) is 30.9 Å². The molecule has 17 heavy (non-hydrogen) atoms. The van der Waals surface area contributed by atoms with E-state index in [-0.39, 0.29) is 11.7 Å². The van der Waals surface area contributed by atoms with E-state index < -0.39 is 5.60 Å². The molecule has 1 aliphatic rings. The first kappa shape index (κ1) is 12.8. The summed E-state index contributed by atoms with van der Waals surface area (Å²) in [7, 11) is 0. The molecule has 0 amide bonds. The first-order valence-electron chi connectivity index (χ1n) is 6.26. The molecule has 0 saturated heterocycles. The van der Waals surface area contributed by atoms with Crippen LogP contribution in [-0.4, -0.2) is 5.11 Å². The molecule has 1 saturated carbocycles. The average Bonchev–Trinajstić information content (AvgIpc) is 2.29. The van der Waals surface area contributed by atoms with Crippen LogP contribution >= 0.6 is 11.6 Å². The SMILES string of the molecule is CCC1CCCCC1(O)c1ccc(Cl)cc1F. The summed E-state index contributed by atoms with van der Waals surface area (Å²) in [5.74, 6) is -0.243. The Labute approximate surface area is 107 Å². The molecule has 1 aromatic rings. The largest absolute Gasteiger partial charge is 0.385 e. The lowest BCUT2D eigenvalue weighted by Gasteiger charge is -2.40. The molecule has 1 fully saturated rings. The predicted octanol–water partition coefficient (Wildman–Crippen LogP) is 4.27. The smallest absolute Gasteiger partial charge is 0.130 e. The van der Waals surface area contributed by atoms with Crippen molar-refractivity contribution in [3.63, 3.8) is 0 Å². The number of halogens is 2. The van der Waals surface area contributed by atoms with Crippen LogP contribution in [0.4, 0.5) is 4.39 Å². The van der Waals surface area contributed by atoms with Crippen molar-refractivity contribution < 1.29 is 9.50 Å². The lowest BCUT2D eigenvalue weighted by molar-refractivity contribution is -0.0583. The van der Waals surface area contributed by atoms with Crippen LogP contribution in [0.2, 0.25) is 5.02 Å². The zero-order valence-corrected chi connectivity index (χ0v) is 10.8. The van der Waals surface area contributed by atoms with Crippen LogP contribution in [0.25, 0.3) is 0 Å². The summed E-state index contributed by atoms with van der Waals surface area (Å²) in [6.45, 7) is 2.05. The fourth-order valence-corrected chi connectivity index (χ4v) is 3.12. The standard InChI is InChI=1S/C14H18ClFO/c1-2-10-5-3-4-8-14(10,17)12-7-6-11(15)9-13(12)16/h6-7,9-10,17H,2-5,8H2,1H3. The van der Waals surface area contributed by atoms with Gasteiger partial charge in [0.2, 0.25) is 0 Å². The summed E-state index contributed by atoms with van der Waals surface area (Å²) in [4.78, 5) is 0. The van der Waals surface area contributed by atoms with Crippen molar-refractivity contribution in [1.82, 2.24) is 0 Å². The minimum absolute atomic E-state index is 0.145. The zero-order chi connectivity index (χ0) is 12.5. The fraction of sp³-hybridized carbons (Fsp3) is 0.571. The Bertz CT molecular complexity index is 407. The average molecular weight is 257 g/mol. The fourth-order valence-electron chi connectivity index (χ4n) is 2.97. The molecule has 0 heterocycles. The van der Waals surface area contributed by atoms with E-state index in [2.05, 4.69) is 6.92 Å². The van der Waals surface area contributed by atoms with Gasteiger partial charge in [0.25, 0.3) is 0 Å². The van der Waals surface area contributed by atoms with E-state index in [4.69, 9.17) is 11.6 Å². The molecule has 1 aromatic carbocycles. The van der Waals surface area contributed by atoms with Crippen molar-refractivity contribution >= 4 is 11.6 Å². The van der Waals surface area contributed by atoms with Crippen LogP contribution in [0.15, 0.2) is 18.2 Å². The van der Waals surface area contributed by atoms with E-state index >= 15 is 0 Å². The molecule has 0 radical (unpaired) electrons. The van der Waals surface area contributed by atoms with Crippen LogP contribution in [0.1, 0.15) is 44.6 Å². The van der Waals surface area contributed by atoms with E-state index in [0.717, 1.165) is 25.7 Å². The predicted molar refractivity (Wildman–Crippen MR) is 67.6 cm³/mol. The number of benzene rings is 1. The third-order valence-corrected chi connectivity index (χ3v) is 4.16. The van der Waals surface area contributed by atoms with Gasteiger partial charge in [-0.1, -0.05) is 43.9 Å². The maximum Gasteiger partial charge on any atom is 0.130 e. The topological polar surface area (TPSA) is 20.2 Å². The van der Waals surface area contributed by atoms with Gasteiger partial charge in [0.15, 0.2) is 0 Å². The maximum absolute atomic E-state index is 13.9. The van der Waals surface area contributed by atoms with E-state index in [0.29, 0.717) is 17.0 Å². The van der Waals surface area contributed by atoms with Gasteiger partial charge in [0.05, 0.1) is 5.60 Å². The summed E-state index contributed by atoms with van der Waals surface area (Å²) in [6.07, 6.45) is 4.56. The first-order valence-corrected chi connectivity index (χ1v) is 6.63. The van der Waals surface area contributed by atoms with Crippen molar-refractivity contribution in [1.29, 1.82) is 0 Å². The monoisotopic (exact) mass is 256 g/mol. The summed E-state index contributed by atoms with van der Waals surface area (Å²) in [6, 6.07) is 4.57. The first-order chi connectivity index (χ1) is 8.08. The third-order valence-electron chi connectivity index (χ3n) is 3.93. The highest BCUT2D eigenvalue weighted by molar-refractivity contribution is 6.30. The molecule has 2 rings (SSSR count). The minimum Gasteiger partial charge on any atom is -0.385 e. The summed E-state index contributed by atoms with van der Waals surface area (Å²) in [5, 5.41) is 11.2. The molecule has 1 N–H and O–H groups in total. The molecule has 0 spiro atoms. The molecule has 1 nitrogen and oxygen atoms in total. The lowest BCUT2D eigenvalue weighted by Crippen LogP contribution is -2.38. The highest BCUT2D eigenvalue weighted by atomic mass is 35.5. The van der Waals surface area contributed by atoms with Crippen LogP contribution in [-0.2, 0) is 5.60 Å². The summed E-state index contributed by atoms with van der Waals surface area (Å²) >= 11 is 5.75. The van der Waals surface area contributed by atoms with Crippen molar-refractivity contribution in [3.8, 4) is 0 Å². The highest BCUT2D eigenvalue weighted by Gasteiger charge is 2.40. The molecule has 0 bridgehead atoms. The zero-order valence-electron chi connectivity index (χ0n) is 10.0. The number of hydrogen-bond donors (Lipinski definition) is 1. The quantitative estimate of drug-likeness (QED) is 0.838. The van der Waals surface area contributed by atoms with Gasteiger partial charge >= 0.3 is 0 Å². The molecule has 94 valence electrons. The molecule has 0 aromatic heterocycles. The van der Waals surface area contributed by atoms with Crippen LogP contribution in [0.5, 0.6) is 0 Å². The number of aliphatic hydroxyl groups is 1. The molecule has 2 atom stereocenters. The van der Waals surface area contributed by atoms with Gasteiger partial charge in [0, 0.05) is 10.6 Å². The van der Waals surface area contributed by atoms with Gasteiger partial charge in [-0.25, -0.2) is 4.39 Å². The Morgan fingerprint density at radius 1 is 1.47 bits per heavy atom. The maximum atomic E-state index is 13.9. The normalized spacial score (nSPS) is 29.3. The Balaban J connectivity index is 2.41. The second-order valence-electron chi connectivity index (χ2n) is 4.90. The van der Waals surface area contributed by atoms with Gasteiger partial charge in [-0.15, -0.1) is 0 Å². The molecule has 3 heteroatoms. The molecular formula is C14H18ClFO. The van der Waals surface area contributed by atoms with Gasteiger partial charge < -0.3 is 5.11 Å². The Morgan fingerprint density at radius 3 is 2.88 bits per heavy atom. The molecule has 2 unspecified atom stereocenters. The summed E-state index contributed by atoms with van der Waals surface area (Å²) < 4.78 is 13.9. The van der Waals surface area contributed by atoms with Crippen molar-refractivity contribution in [2.24, 2.45) is 5.92 Å². The van der Waals surface area contributed by atoms with E-state index in [1.54, 1.807) is 12.1 Å². The molecular weight excluding hydrogens is 239 g/mol. The van der Waals surface area contributed by atoms with Crippen molar-refractivity contribution in [2.75, 3.05) is 0 Å². The number of hydrogen-bond acceptors (Lipinski definition) is 1. The van der Waals surface area contributed by atoms with Crippen molar-refractivity contribution in [3.05, 3.63) is 34.6 Å². The van der Waals surface area contributed by atoms with Gasteiger partial charge in [-0.3, -0.25) is 0 Å². The van der Waals surface area contributed by atoms with Crippen LogP contribution in [0.3, 0.4) is 0 Å². The number of rotatable bonds is 2. The van der Waals surface area contributed by atoms with Crippen LogP contribution in [0, 0.1) is 11.7 Å². The van der Waals surface area contributed by atoms with E-state index in [1.807, 2.05) is 0 Å². The Kier molecular flexibility index (Phi) is 3.74. The Morgan fingerprint density at radius 2 is 2.24 bits per heavy atom. The van der Waals surface area contributed by atoms with Crippen LogP contribution < -0.4 is 0 Å². The van der Waals surface area contributed by atoms with Gasteiger partial charge in [0.1, 0.15) is 5.82 Å². The highest BCUT2D eigenvalue weighted by Crippen LogP contribution is 2.44. The Hall–Kier alpha value is -0.600. The second-order valence-corrected chi connectivity index (χ2v) is 5.34. The summed E-state index contributed by atoms with van der Waals surface area (Å²) in [5.41, 5.74) is -0.602. The van der Waals surface area contributed by atoms with Crippen molar-refractivity contribution in [2.45, 2.75) is 44.6 Å². The van der Waals surface area contributed by atoms with E-state index in [1.165, 1.54) is 6.07 Å². The molecule has 0 aliphatic heterocycles. The second kappa shape index (κ2) is 4.95. The molecule has 1 aliphatic carbocycles. The lowest BCUT2D eigenvalue weighted by atomic mass is 9.70. The third kappa shape index (κ3) is 2.34. The minimum atomic E-state index is -1.01.